The first kappa shape index (κ1) is 34.1. The first-order valence-electron chi connectivity index (χ1n) is 14.1. The number of non-ortho nitro benzene ring substituents is 1. The number of methoxy groups -OCH3 is 3. The van der Waals surface area contributed by atoms with Crippen molar-refractivity contribution in [1.29, 1.82) is 0 Å². The van der Waals surface area contributed by atoms with E-state index in [2.05, 4.69) is 16.0 Å². The molecular formula is C34H32N4O8S. The maximum atomic E-state index is 13.6. The van der Waals surface area contributed by atoms with Crippen LogP contribution >= 0.6 is 11.8 Å². The lowest BCUT2D eigenvalue weighted by Crippen LogP contribution is -2.30. The molecular weight excluding hydrogens is 624 g/mol. The molecule has 0 aliphatic heterocycles. The number of hydrogen-bond acceptors (Lipinski definition) is 9. The zero-order chi connectivity index (χ0) is 33.9. The Bertz CT molecular complexity index is 1780. The number of nitro benzene ring substituents is 1. The third-order valence-corrected chi connectivity index (χ3v) is 7.82. The molecule has 13 heteroatoms. The highest BCUT2D eigenvalue weighted by atomic mass is 32.2. The molecule has 3 N–H and O–H groups in total. The van der Waals surface area contributed by atoms with Crippen LogP contribution in [0.4, 0.5) is 17.1 Å². The second kappa shape index (κ2) is 16.0. The van der Waals surface area contributed by atoms with Crippen LogP contribution in [0.15, 0.2) is 102 Å². The second-order valence-electron chi connectivity index (χ2n) is 9.86. The Morgan fingerprint density at radius 3 is 1.96 bits per heavy atom. The van der Waals surface area contributed by atoms with Gasteiger partial charge in [-0.05, 0) is 67.6 Å². The van der Waals surface area contributed by atoms with E-state index in [1.165, 1.54) is 63.4 Å². The Balaban J connectivity index is 1.50. The van der Waals surface area contributed by atoms with Gasteiger partial charge >= 0.3 is 0 Å². The summed E-state index contributed by atoms with van der Waals surface area (Å²) in [5.74, 6) is -0.151. The molecule has 12 nitrogen and oxygen atoms in total. The highest BCUT2D eigenvalue weighted by Crippen LogP contribution is 2.36. The molecule has 0 aromatic heterocycles. The number of thioether (sulfide) groups is 1. The summed E-state index contributed by atoms with van der Waals surface area (Å²) in [6, 6.07) is 24.1. The molecule has 0 saturated heterocycles. The number of rotatable bonds is 13. The predicted octanol–water partition coefficient (Wildman–Crippen LogP) is 6.15. The third kappa shape index (κ3) is 9.11. The van der Waals surface area contributed by atoms with Crippen LogP contribution in [0.1, 0.15) is 22.8 Å². The zero-order valence-corrected chi connectivity index (χ0v) is 26.8. The third-order valence-electron chi connectivity index (χ3n) is 6.70. The summed E-state index contributed by atoms with van der Waals surface area (Å²) in [5, 5.41) is 18.6. The van der Waals surface area contributed by atoms with Gasteiger partial charge in [-0.3, -0.25) is 24.5 Å². The fraction of sp³-hybridized carbons (Fsp3) is 0.147. The van der Waals surface area contributed by atoms with Crippen molar-refractivity contribution in [3.8, 4) is 17.2 Å². The molecule has 0 aliphatic rings. The summed E-state index contributed by atoms with van der Waals surface area (Å²) < 4.78 is 16.3. The van der Waals surface area contributed by atoms with Crippen LogP contribution in [0, 0.1) is 10.1 Å². The molecule has 1 unspecified atom stereocenters. The predicted molar refractivity (Wildman–Crippen MR) is 180 cm³/mol. The van der Waals surface area contributed by atoms with E-state index < -0.39 is 22.0 Å². The Kier molecular flexibility index (Phi) is 11.6. The molecule has 0 bridgehead atoms. The highest BCUT2D eigenvalue weighted by molar-refractivity contribution is 8.00. The average molecular weight is 657 g/mol. The van der Waals surface area contributed by atoms with Gasteiger partial charge in [0.2, 0.25) is 5.91 Å². The highest BCUT2D eigenvalue weighted by Gasteiger charge is 2.19. The van der Waals surface area contributed by atoms with Gasteiger partial charge in [-0.15, -0.1) is 11.8 Å². The lowest BCUT2D eigenvalue weighted by Gasteiger charge is -2.15. The molecule has 0 heterocycles. The van der Waals surface area contributed by atoms with E-state index in [1.54, 1.807) is 73.7 Å². The smallest absolute Gasteiger partial charge is 0.272 e. The fourth-order valence-electron chi connectivity index (χ4n) is 4.25. The molecule has 0 fully saturated rings. The van der Waals surface area contributed by atoms with Gasteiger partial charge in [-0.2, -0.15) is 0 Å². The van der Waals surface area contributed by atoms with Crippen molar-refractivity contribution < 1.29 is 33.5 Å². The van der Waals surface area contributed by atoms with E-state index in [9.17, 15) is 24.5 Å². The van der Waals surface area contributed by atoms with E-state index >= 15 is 0 Å². The minimum absolute atomic E-state index is 0.0561. The van der Waals surface area contributed by atoms with E-state index in [0.29, 0.717) is 39.8 Å². The van der Waals surface area contributed by atoms with Crippen molar-refractivity contribution in [1.82, 2.24) is 5.32 Å². The van der Waals surface area contributed by atoms with Crippen molar-refractivity contribution in [3.05, 3.63) is 118 Å². The van der Waals surface area contributed by atoms with Crippen LogP contribution in [-0.2, 0) is 9.59 Å². The van der Waals surface area contributed by atoms with Crippen LogP contribution in [0.5, 0.6) is 17.2 Å². The normalized spacial score (nSPS) is 11.5. The van der Waals surface area contributed by atoms with Crippen molar-refractivity contribution in [2.75, 3.05) is 32.0 Å². The van der Waals surface area contributed by atoms with Gasteiger partial charge < -0.3 is 30.2 Å². The summed E-state index contributed by atoms with van der Waals surface area (Å²) in [6.45, 7) is 1.73. The van der Waals surface area contributed by atoms with Gasteiger partial charge in [0.05, 0.1) is 31.5 Å². The molecule has 3 amide bonds. The molecule has 0 radical (unpaired) electrons. The number of hydrogen-bond donors (Lipinski definition) is 3. The van der Waals surface area contributed by atoms with Crippen molar-refractivity contribution in [3.63, 3.8) is 0 Å². The zero-order valence-electron chi connectivity index (χ0n) is 25.9. The van der Waals surface area contributed by atoms with Gasteiger partial charge in [0.25, 0.3) is 17.5 Å². The summed E-state index contributed by atoms with van der Waals surface area (Å²) in [6.07, 6.45) is 1.48. The molecule has 4 aromatic carbocycles. The van der Waals surface area contributed by atoms with E-state index in [0.717, 1.165) is 4.90 Å². The minimum Gasteiger partial charge on any atom is -0.496 e. The van der Waals surface area contributed by atoms with Gasteiger partial charge in [-0.25, -0.2) is 0 Å². The Labute approximate surface area is 275 Å². The number of carbonyl (C=O) groups is 3. The van der Waals surface area contributed by atoms with Gasteiger partial charge in [-0.1, -0.05) is 18.2 Å². The summed E-state index contributed by atoms with van der Waals surface area (Å²) in [5.41, 5.74) is 1.58. The SMILES string of the molecule is COc1cc(OC)c(OC)cc1/C=C(\NC(=O)c1ccccc1)C(=O)Nc1ccc(SC(C)C(=O)Nc2ccc([N+](=O)[O-])cc2)cc1. The number of anilines is 2. The summed E-state index contributed by atoms with van der Waals surface area (Å²) in [4.78, 5) is 50.4. The number of nitro groups is 1. The van der Waals surface area contributed by atoms with Crippen LogP contribution in [0.3, 0.4) is 0 Å². The minimum atomic E-state index is -0.595. The number of carbonyl (C=O) groups excluding carboxylic acids is 3. The van der Waals surface area contributed by atoms with Crippen LogP contribution < -0.4 is 30.2 Å². The maximum Gasteiger partial charge on any atom is 0.272 e. The molecule has 0 spiro atoms. The Morgan fingerprint density at radius 1 is 0.787 bits per heavy atom. The van der Waals surface area contributed by atoms with Crippen molar-refractivity contribution in [2.45, 2.75) is 17.1 Å². The number of nitrogens with zero attached hydrogens (tertiary/aromatic N) is 1. The first-order valence-corrected chi connectivity index (χ1v) is 15.0. The molecule has 4 aromatic rings. The molecule has 4 rings (SSSR count). The topological polar surface area (TPSA) is 158 Å². The number of benzene rings is 4. The Morgan fingerprint density at radius 2 is 1.36 bits per heavy atom. The molecule has 47 heavy (non-hydrogen) atoms. The Hall–Kier alpha value is -5.82. The lowest BCUT2D eigenvalue weighted by molar-refractivity contribution is -0.384. The van der Waals surface area contributed by atoms with Crippen molar-refractivity contribution >= 4 is 52.6 Å². The van der Waals surface area contributed by atoms with Gasteiger partial charge in [0.15, 0.2) is 11.5 Å². The standard InChI is InChI=1S/C34H32N4O8S/c1-21(32(39)35-24-10-14-26(15-11-24)38(42)43)47-27-16-12-25(13-17-27)36-34(41)28(37-33(40)22-8-6-5-7-9-22)18-23-19-30(45-3)31(46-4)20-29(23)44-2/h5-21H,1-4H3,(H,35,39)(H,36,41)(H,37,40)/b28-18-. The molecule has 0 aliphatic carbocycles. The van der Waals surface area contributed by atoms with Crippen LogP contribution in [0.2, 0.25) is 0 Å². The quantitative estimate of drug-likeness (QED) is 0.0664. The number of ether oxygens (including phenoxy) is 3. The summed E-state index contributed by atoms with van der Waals surface area (Å²) in [7, 11) is 4.45. The summed E-state index contributed by atoms with van der Waals surface area (Å²) >= 11 is 1.29. The first-order chi connectivity index (χ1) is 22.6. The average Bonchev–Trinajstić information content (AvgIpc) is 3.08. The lowest BCUT2D eigenvalue weighted by atomic mass is 10.1. The van der Waals surface area contributed by atoms with E-state index in [1.807, 2.05) is 0 Å². The maximum absolute atomic E-state index is 13.6. The van der Waals surface area contributed by atoms with Crippen LogP contribution in [-0.4, -0.2) is 49.2 Å². The van der Waals surface area contributed by atoms with E-state index in [-0.39, 0.29) is 17.3 Å². The number of nitrogens with one attached hydrogen (secondary N) is 3. The van der Waals surface area contributed by atoms with Crippen LogP contribution in [0.25, 0.3) is 6.08 Å². The monoisotopic (exact) mass is 656 g/mol. The van der Waals surface area contributed by atoms with Gasteiger partial charge in [0, 0.05) is 45.6 Å². The molecule has 0 saturated carbocycles. The molecule has 1 atom stereocenters. The van der Waals surface area contributed by atoms with Crippen molar-refractivity contribution in [2.24, 2.45) is 0 Å². The molecule has 242 valence electrons. The number of amides is 3. The van der Waals surface area contributed by atoms with Gasteiger partial charge in [0.1, 0.15) is 11.4 Å². The fourth-order valence-corrected chi connectivity index (χ4v) is 5.11. The second-order valence-corrected chi connectivity index (χ2v) is 11.3. The van der Waals surface area contributed by atoms with E-state index in [4.69, 9.17) is 14.2 Å². The largest absolute Gasteiger partial charge is 0.496 e.